The van der Waals surface area contributed by atoms with Gasteiger partial charge in [-0.2, -0.15) is 0 Å². The number of hydrogen-bond acceptors (Lipinski definition) is 6. The van der Waals surface area contributed by atoms with Crippen LogP contribution in [0.1, 0.15) is 26.2 Å². The van der Waals surface area contributed by atoms with E-state index in [1.54, 1.807) is 17.1 Å². The average molecular weight is 404 g/mol. The number of aliphatic hydroxyl groups is 1. The van der Waals surface area contributed by atoms with Crippen molar-refractivity contribution < 1.29 is 29.0 Å². The number of fused-ring (bicyclic) bond motifs is 2. The predicted octanol–water partition coefficient (Wildman–Crippen LogP) is 0.261. The molecule has 1 unspecified atom stereocenters. The van der Waals surface area contributed by atoms with Crippen LogP contribution in [0.2, 0.25) is 0 Å². The van der Waals surface area contributed by atoms with Gasteiger partial charge in [-0.3, -0.25) is 14.4 Å². The van der Waals surface area contributed by atoms with Gasteiger partial charge in [-0.25, -0.2) is 0 Å². The zero-order chi connectivity index (χ0) is 20.6. The van der Waals surface area contributed by atoms with E-state index in [4.69, 9.17) is 9.47 Å². The highest BCUT2D eigenvalue weighted by Gasteiger charge is 2.71. The van der Waals surface area contributed by atoms with Crippen LogP contribution in [0.25, 0.3) is 0 Å². The number of likely N-dealkylation sites (tertiary alicyclic amines) is 1. The molecule has 29 heavy (non-hydrogen) atoms. The van der Waals surface area contributed by atoms with Crippen molar-refractivity contribution >= 4 is 17.8 Å². The molecule has 4 heterocycles. The van der Waals surface area contributed by atoms with Crippen molar-refractivity contribution in [2.75, 3.05) is 32.8 Å². The highest BCUT2D eigenvalue weighted by atomic mass is 16.6. The highest BCUT2D eigenvalue weighted by molar-refractivity contribution is 5.99. The van der Waals surface area contributed by atoms with Crippen LogP contribution in [0.15, 0.2) is 24.3 Å². The summed E-state index contributed by atoms with van der Waals surface area (Å²) in [4.78, 5) is 43.0. The van der Waals surface area contributed by atoms with Crippen molar-refractivity contribution in [1.82, 2.24) is 9.80 Å². The zero-order valence-corrected chi connectivity index (χ0v) is 16.7. The van der Waals surface area contributed by atoms with Gasteiger partial charge in [0, 0.05) is 26.2 Å². The number of carbonyl (C=O) groups is 3. The molecule has 4 aliphatic heterocycles. The fourth-order valence-electron chi connectivity index (χ4n) is 5.05. The van der Waals surface area contributed by atoms with E-state index in [9.17, 15) is 19.5 Å². The standard InChI is InChI=1S/C21H28N2O6/c1-2-3-9-22-10-5-8-21-16(15-14(29-21)7-4-13-28-20(15)27)18(25)23(11-6-12-24)17(21)19(22)26/h4-5,7-8,14-17,24H,2-3,6,9-13H2,1H3/t14-,15+,16-,17?,21-/m0/s1. The quantitative estimate of drug-likeness (QED) is 0.504. The van der Waals surface area contributed by atoms with Gasteiger partial charge in [0.15, 0.2) is 0 Å². The first-order valence-electron chi connectivity index (χ1n) is 10.4. The molecule has 158 valence electrons. The number of esters is 1. The lowest BCUT2D eigenvalue weighted by atomic mass is 9.78. The summed E-state index contributed by atoms with van der Waals surface area (Å²) in [5.74, 6) is -2.49. The number of rotatable bonds is 6. The monoisotopic (exact) mass is 404 g/mol. The van der Waals surface area contributed by atoms with Gasteiger partial charge in [-0.15, -0.1) is 0 Å². The van der Waals surface area contributed by atoms with Crippen molar-refractivity contribution in [2.24, 2.45) is 11.8 Å². The van der Waals surface area contributed by atoms with Gasteiger partial charge in [0.2, 0.25) is 11.8 Å². The molecule has 4 aliphatic rings. The lowest BCUT2D eigenvalue weighted by molar-refractivity contribution is -0.153. The van der Waals surface area contributed by atoms with Crippen molar-refractivity contribution in [3.63, 3.8) is 0 Å². The molecule has 2 amide bonds. The Kier molecular flexibility index (Phi) is 5.48. The molecule has 0 aliphatic carbocycles. The minimum absolute atomic E-state index is 0.0879. The van der Waals surface area contributed by atoms with E-state index in [1.807, 2.05) is 12.2 Å². The molecule has 2 saturated heterocycles. The van der Waals surface area contributed by atoms with Gasteiger partial charge in [-0.05, 0) is 18.9 Å². The van der Waals surface area contributed by atoms with E-state index >= 15 is 0 Å². The van der Waals surface area contributed by atoms with Gasteiger partial charge in [0.25, 0.3) is 0 Å². The maximum atomic E-state index is 13.6. The normalized spacial score (nSPS) is 35.9. The van der Waals surface area contributed by atoms with Crippen LogP contribution >= 0.6 is 0 Å². The number of amides is 2. The number of cyclic esters (lactones) is 1. The fourth-order valence-corrected chi connectivity index (χ4v) is 5.05. The average Bonchev–Trinajstić information content (AvgIpc) is 3.00. The Labute approximate surface area is 170 Å². The molecule has 0 aromatic heterocycles. The van der Waals surface area contributed by atoms with E-state index in [0.717, 1.165) is 12.8 Å². The molecule has 0 aromatic rings. The van der Waals surface area contributed by atoms with E-state index in [2.05, 4.69) is 6.92 Å². The van der Waals surface area contributed by atoms with Crippen LogP contribution in [0.3, 0.4) is 0 Å². The van der Waals surface area contributed by atoms with Gasteiger partial charge >= 0.3 is 5.97 Å². The minimum Gasteiger partial charge on any atom is -0.461 e. The lowest BCUT2D eigenvalue weighted by Crippen LogP contribution is -2.55. The van der Waals surface area contributed by atoms with Crippen LogP contribution in [0.4, 0.5) is 0 Å². The van der Waals surface area contributed by atoms with E-state index in [1.165, 1.54) is 4.90 Å². The second-order valence-corrected chi connectivity index (χ2v) is 8.05. The number of nitrogens with zero attached hydrogens (tertiary/aromatic N) is 2. The molecular weight excluding hydrogens is 376 g/mol. The molecular formula is C21H28N2O6. The maximum Gasteiger partial charge on any atom is 0.313 e. The largest absolute Gasteiger partial charge is 0.461 e. The summed E-state index contributed by atoms with van der Waals surface area (Å²) >= 11 is 0. The second kappa shape index (κ2) is 7.91. The first kappa shape index (κ1) is 20.1. The fraction of sp³-hybridized carbons (Fsp3) is 0.667. The summed E-state index contributed by atoms with van der Waals surface area (Å²) in [6.45, 7) is 3.42. The first-order chi connectivity index (χ1) is 14.0. The SMILES string of the molecule is CCCCN1CC=C[C@]23O[C@H]4C=CCOC(=O)[C@H]4[C@H]2C(=O)N(CCCO)C3C1=O. The Balaban J connectivity index is 1.77. The van der Waals surface area contributed by atoms with Crippen LogP contribution in [-0.2, 0) is 23.9 Å². The van der Waals surface area contributed by atoms with Crippen LogP contribution in [0.5, 0.6) is 0 Å². The molecule has 0 radical (unpaired) electrons. The van der Waals surface area contributed by atoms with E-state index in [0.29, 0.717) is 19.5 Å². The third-order valence-corrected chi connectivity index (χ3v) is 6.34. The summed E-state index contributed by atoms with van der Waals surface area (Å²) < 4.78 is 11.6. The molecule has 8 heteroatoms. The molecule has 0 bridgehead atoms. The van der Waals surface area contributed by atoms with Gasteiger partial charge in [-0.1, -0.05) is 31.6 Å². The number of carbonyl (C=O) groups excluding carboxylic acids is 3. The molecule has 2 fully saturated rings. The van der Waals surface area contributed by atoms with Crippen LogP contribution < -0.4 is 0 Å². The Bertz CT molecular complexity index is 749. The van der Waals surface area contributed by atoms with Crippen LogP contribution in [-0.4, -0.2) is 83.3 Å². The summed E-state index contributed by atoms with van der Waals surface area (Å²) in [6.07, 6.45) is 8.77. The predicted molar refractivity (Wildman–Crippen MR) is 103 cm³/mol. The molecule has 1 spiro atoms. The number of hydrogen-bond donors (Lipinski definition) is 1. The number of ether oxygens (including phenoxy) is 2. The smallest absolute Gasteiger partial charge is 0.313 e. The van der Waals surface area contributed by atoms with Crippen LogP contribution in [0, 0.1) is 11.8 Å². The summed E-state index contributed by atoms with van der Waals surface area (Å²) in [5, 5.41) is 9.30. The molecule has 0 aromatic carbocycles. The minimum atomic E-state index is -1.19. The van der Waals surface area contributed by atoms with Crippen molar-refractivity contribution in [3.05, 3.63) is 24.3 Å². The molecule has 8 nitrogen and oxygen atoms in total. The Morgan fingerprint density at radius 2 is 2.00 bits per heavy atom. The molecule has 4 rings (SSSR count). The maximum absolute atomic E-state index is 13.6. The molecule has 1 N–H and O–H groups in total. The summed E-state index contributed by atoms with van der Waals surface area (Å²) in [6, 6.07) is -0.838. The number of aliphatic hydroxyl groups excluding tert-OH is 1. The molecule has 0 saturated carbocycles. The van der Waals surface area contributed by atoms with Gasteiger partial charge in [0.1, 0.15) is 24.2 Å². The third kappa shape index (κ3) is 3.09. The molecule has 5 atom stereocenters. The highest BCUT2D eigenvalue weighted by Crippen LogP contribution is 2.53. The van der Waals surface area contributed by atoms with E-state index in [-0.39, 0.29) is 31.6 Å². The Morgan fingerprint density at radius 1 is 1.17 bits per heavy atom. The Hall–Kier alpha value is -2.19. The lowest BCUT2D eigenvalue weighted by Gasteiger charge is -2.35. The zero-order valence-electron chi connectivity index (χ0n) is 16.7. The number of unbranched alkanes of at least 4 members (excludes halogenated alkanes) is 1. The first-order valence-corrected chi connectivity index (χ1v) is 10.4. The third-order valence-electron chi connectivity index (χ3n) is 6.34. The summed E-state index contributed by atoms with van der Waals surface area (Å²) in [7, 11) is 0. The van der Waals surface area contributed by atoms with Gasteiger partial charge < -0.3 is 24.4 Å². The topological polar surface area (TPSA) is 96.4 Å². The Morgan fingerprint density at radius 3 is 2.76 bits per heavy atom. The van der Waals surface area contributed by atoms with E-state index < -0.39 is 35.6 Å². The summed E-state index contributed by atoms with van der Waals surface area (Å²) in [5.41, 5.74) is -1.19. The van der Waals surface area contributed by atoms with Gasteiger partial charge in [0.05, 0.1) is 12.0 Å². The van der Waals surface area contributed by atoms with Crippen molar-refractivity contribution in [2.45, 2.75) is 43.9 Å². The van der Waals surface area contributed by atoms with Crippen molar-refractivity contribution in [1.29, 1.82) is 0 Å². The van der Waals surface area contributed by atoms with Crippen molar-refractivity contribution in [3.8, 4) is 0 Å². The second-order valence-electron chi connectivity index (χ2n) is 8.05.